The van der Waals surface area contributed by atoms with E-state index in [1.165, 1.54) is 35.4 Å². The highest BCUT2D eigenvalue weighted by Gasteiger charge is 2.22. The molecular formula is C20H23N3O3. The molecule has 6 heteroatoms. The number of carbonyl (C=O) groups is 1. The van der Waals surface area contributed by atoms with Crippen LogP contribution in [0.3, 0.4) is 0 Å². The monoisotopic (exact) mass is 353 g/mol. The molecule has 0 saturated heterocycles. The molecule has 1 heterocycles. The standard InChI is InChI=1S/C20H23N3O3/c1-2-18(22-12-11-15-5-3-4-6-17(15)14-22)13-21-20(24)16-7-9-19(10-8-16)23(25)26/h3-10,18H,2,11-14H2,1H3,(H,21,24)/t18-/m1/s1. The lowest BCUT2D eigenvalue weighted by molar-refractivity contribution is -0.384. The van der Waals surface area contributed by atoms with E-state index in [0.717, 1.165) is 25.9 Å². The molecule has 0 radical (unpaired) electrons. The second kappa shape index (κ2) is 8.10. The van der Waals surface area contributed by atoms with Crippen LogP contribution in [0.25, 0.3) is 0 Å². The lowest BCUT2D eigenvalue weighted by Crippen LogP contribution is -2.45. The van der Waals surface area contributed by atoms with Gasteiger partial charge >= 0.3 is 0 Å². The fourth-order valence-electron chi connectivity index (χ4n) is 3.41. The fourth-order valence-corrected chi connectivity index (χ4v) is 3.41. The Morgan fingerprint density at radius 1 is 1.19 bits per heavy atom. The average Bonchev–Trinajstić information content (AvgIpc) is 2.68. The maximum atomic E-state index is 12.3. The quantitative estimate of drug-likeness (QED) is 0.639. The summed E-state index contributed by atoms with van der Waals surface area (Å²) in [5.74, 6) is -0.198. The van der Waals surface area contributed by atoms with Gasteiger partial charge in [-0.3, -0.25) is 19.8 Å². The Morgan fingerprint density at radius 3 is 2.54 bits per heavy atom. The van der Waals surface area contributed by atoms with Crippen LogP contribution in [-0.4, -0.2) is 34.9 Å². The van der Waals surface area contributed by atoms with Gasteiger partial charge in [0.05, 0.1) is 4.92 Å². The van der Waals surface area contributed by atoms with Crippen molar-refractivity contribution >= 4 is 11.6 Å². The zero-order valence-electron chi connectivity index (χ0n) is 14.9. The van der Waals surface area contributed by atoms with Crippen molar-refractivity contribution in [1.29, 1.82) is 0 Å². The summed E-state index contributed by atoms with van der Waals surface area (Å²) in [6.07, 6.45) is 1.98. The molecule has 0 aromatic heterocycles. The van der Waals surface area contributed by atoms with Gasteiger partial charge in [0.1, 0.15) is 0 Å². The first-order valence-corrected chi connectivity index (χ1v) is 8.92. The Labute approximate surface area is 153 Å². The maximum Gasteiger partial charge on any atom is 0.269 e. The summed E-state index contributed by atoms with van der Waals surface area (Å²) >= 11 is 0. The van der Waals surface area contributed by atoms with Crippen molar-refractivity contribution in [2.45, 2.75) is 32.4 Å². The molecule has 2 aromatic carbocycles. The van der Waals surface area contributed by atoms with Crippen molar-refractivity contribution in [3.05, 3.63) is 75.3 Å². The van der Waals surface area contributed by atoms with E-state index in [1.807, 2.05) is 0 Å². The van der Waals surface area contributed by atoms with Crippen LogP contribution in [0.15, 0.2) is 48.5 Å². The molecule has 0 unspecified atom stereocenters. The van der Waals surface area contributed by atoms with Crippen LogP contribution in [0.5, 0.6) is 0 Å². The topological polar surface area (TPSA) is 75.5 Å². The number of fused-ring (bicyclic) bond motifs is 1. The van der Waals surface area contributed by atoms with Gasteiger partial charge in [0.15, 0.2) is 0 Å². The molecule has 1 amide bonds. The highest BCUT2D eigenvalue weighted by Crippen LogP contribution is 2.21. The highest BCUT2D eigenvalue weighted by atomic mass is 16.6. The van der Waals surface area contributed by atoms with E-state index in [1.54, 1.807) is 0 Å². The molecule has 2 aromatic rings. The minimum atomic E-state index is -0.469. The Morgan fingerprint density at radius 2 is 1.88 bits per heavy atom. The summed E-state index contributed by atoms with van der Waals surface area (Å²) in [5.41, 5.74) is 3.20. The molecule has 136 valence electrons. The summed E-state index contributed by atoms with van der Waals surface area (Å²) in [5, 5.41) is 13.7. The highest BCUT2D eigenvalue weighted by molar-refractivity contribution is 5.94. The number of non-ortho nitro benzene ring substituents is 1. The SMILES string of the molecule is CC[C@H](CNC(=O)c1ccc([N+](=O)[O-])cc1)N1CCc2ccccc2C1. The second-order valence-electron chi connectivity index (χ2n) is 6.57. The largest absolute Gasteiger partial charge is 0.350 e. The van der Waals surface area contributed by atoms with Crippen molar-refractivity contribution in [2.24, 2.45) is 0 Å². The van der Waals surface area contributed by atoms with E-state index in [-0.39, 0.29) is 17.6 Å². The Hall–Kier alpha value is -2.73. The number of hydrogen-bond donors (Lipinski definition) is 1. The van der Waals surface area contributed by atoms with Crippen molar-refractivity contribution in [3.8, 4) is 0 Å². The maximum absolute atomic E-state index is 12.3. The molecular weight excluding hydrogens is 330 g/mol. The lowest BCUT2D eigenvalue weighted by Gasteiger charge is -2.35. The van der Waals surface area contributed by atoms with Gasteiger partial charge in [-0.25, -0.2) is 0 Å². The van der Waals surface area contributed by atoms with E-state index >= 15 is 0 Å². The number of amides is 1. The van der Waals surface area contributed by atoms with E-state index in [2.05, 4.69) is 41.4 Å². The van der Waals surface area contributed by atoms with E-state index in [4.69, 9.17) is 0 Å². The summed E-state index contributed by atoms with van der Waals surface area (Å²) in [4.78, 5) is 25.0. The molecule has 1 N–H and O–H groups in total. The van der Waals surface area contributed by atoms with Crippen molar-refractivity contribution in [3.63, 3.8) is 0 Å². The molecule has 1 aliphatic rings. The molecule has 0 saturated carbocycles. The van der Waals surface area contributed by atoms with E-state index < -0.39 is 4.92 Å². The molecule has 0 fully saturated rings. The first-order chi connectivity index (χ1) is 12.6. The Balaban J connectivity index is 1.59. The minimum absolute atomic E-state index is 0.0139. The number of nitro groups is 1. The van der Waals surface area contributed by atoms with Gasteiger partial charge in [-0.2, -0.15) is 0 Å². The summed E-state index contributed by atoms with van der Waals surface area (Å²) in [7, 11) is 0. The first kappa shape index (κ1) is 18.1. The predicted octanol–water partition coefficient (Wildman–Crippen LogP) is 3.16. The zero-order chi connectivity index (χ0) is 18.5. The van der Waals surface area contributed by atoms with Crippen LogP contribution in [0.1, 0.15) is 34.8 Å². The van der Waals surface area contributed by atoms with Crippen molar-refractivity contribution < 1.29 is 9.72 Å². The number of hydrogen-bond acceptors (Lipinski definition) is 4. The zero-order valence-corrected chi connectivity index (χ0v) is 14.9. The molecule has 6 nitrogen and oxygen atoms in total. The van der Waals surface area contributed by atoms with Crippen LogP contribution in [-0.2, 0) is 13.0 Å². The third-order valence-corrected chi connectivity index (χ3v) is 4.99. The second-order valence-corrected chi connectivity index (χ2v) is 6.57. The molecule has 26 heavy (non-hydrogen) atoms. The first-order valence-electron chi connectivity index (χ1n) is 8.92. The van der Waals surface area contributed by atoms with Crippen LogP contribution >= 0.6 is 0 Å². The summed E-state index contributed by atoms with van der Waals surface area (Å²) in [6, 6.07) is 14.5. The molecule has 3 rings (SSSR count). The minimum Gasteiger partial charge on any atom is -0.350 e. The predicted molar refractivity (Wildman–Crippen MR) is 100 cm³/mol. The van der Waals surface area contributed by atoms with Crippen LogP contribution < -0.4 is 5.32 Å². The van der Waals surface area contributed by atoms with Crippen molar-refractivity contribution in [1.82, 2.24) is 10.2 Å². The van der Waals surface area contributed by atoms with Crippen LogP contribution in [0.2, 0.25) is 0 Å². The number of carbonyl (C=O) groups excluding carboxylic acids is 1. The molecule has 1 aliphatic heterocycles. The number of nitro benzene ring substituents is 1. The number of rotatable bonds is 6. The van der Waals surface area contributed by atoms with E-state index in [0.29, 0.717) is 12.1 Å². The smallest absolute Gasteiger partial charge is 0.269 e. The van der Waals surface area contributed by atoms with Gasteiger partial charge in [0.25, 0.3) is 11.6 Å². The average molecular weight is 353 g/mol. The molecule has 0 spiro atoms. The lowest BCUT2D eigenvalue weighted by atomic mass is 9.98. The van der Waals surface area contributed by atoms with Gasteiger partial charge < -0.3 is 5.32 Å². The Bertz CT molecular complexity index is 789. The van der Waals surface area contributed by atoms with Gasteiger partial charge in [-0.15, -0.1) is 0 Å². The summed E-state index contributed by atoms with van der Waals surface area (Å²) in [6.45, 7) is 4.59. The molecule has 1 atom stereocenters. The normalized spacial score (nSPS) is 15.1. The molecule has 0 aliphatic carbocycles. The fraction of sp³-hybridized carbons (Fsp3) is 0.350. The summed E-state index contributed by atoms with van der Waals surface area (Å²) < 4.78 is 0. The van der Waals surface area contributed by atoms with Gasteiger partial charge in [-0.1, -0.05) is 31.2 Å². The Kier molecular flexibility index (Phi) is 5.63. The van der Waals surface area contributed by atoms with Crippen LogP contribution in [0.4, 0.5) is 5.69 Å². The van der Waals surface area contributed by atoms with Crippen molar-refractivity contribution in [2.75, 3.05) is 13.1 Å². The van der Waals surface area contributed by atoms with E-state index in [9.17, 15) is 14.9 Å². The number of nitrogens with zero attached hydrogens (tertiary/aromatic N) is 2. The van der Waals surface area contributed by atoms with Gasteiger partial charge in [-0.05, 0) is 36.1 Å². The van der Waals surface area contributed by atoms with Gasteiger partial charge in [0, 0.05) is 43.4 Å². The third kappa shape index (κ3) is 4.08. The van der Waals surface area contributed by atoms with Gasteiger partial charge in [0.2, 0.25) is 0 Å². The van der Waals surface area contributed by atoms with Crippen LogP contribution in [0, 0.1) is 10.1 Å². The number of nitrogens with one attached hydrogen (secondary N) is 1. The number of benzene rings is 2. The molecule has 0 bridgehead atoms. The third-order valence-electron chi connectivity index (χ3n) is 4.99.